The minimum atomic E-state index is -0.103. The van der Waals surface area contributed by atoms with Gasteiger partial charge in [0.1, 0.15) is 15.4 Å². The Bertz CT molecular complexity index is 1080. The molecule has 0 radical (unpaired) electrons. The van der Waals surface area contributed by atoms with Crippen molar-refractivity contribution in [1.82, 2.24) is 9.97 Å². The number of hydrogen-bond donors (Lipinski definition) is 1. The predicted octanol–water partition coefficient (Wildman–Crippen LogP) is 5.23. The number of pyridine rings is 1. The summed E-state index contributed by atoms with van der Waals surface area (Å²) in [6, 6.07) is 17.4. The van der Waals surface area contributed by atoms with E-state index in [1.54, 1.807) is 17.5 Å². The highest BCUT2D eigenvalue weighted by atomic mass is 32.1. The third-order valence-corrected chi connectivity index (χ3v) is 5.20. The van der Waals surface area contributed by atoms with Gasteiger partial charge >= 0.3 is 0 Å². The largest absolute Gasteiger partial charge is 0.322 e. The lowest BCUT2D eigenvalue weighted by Crippen LogP contribution is -2.12. The molecule has 4 nitrogen and oxygen atoms in total. The van der Waals surface area contributed by atoms with Crippen LogP contribution < -0.4 is 5.32 Å². The van der Waals surface area contributed by atoms with Crippen molar-refractivity contribution < 1.29 is 4.79 Å². The zero-order chi connectivity index (χ0) is 18.1. The Kier molecular flexibility index (Phi) is 4.22. The zero-order valence-electron chi connectivity index (χ0n) is 14.5. The summed E-state index contributed by atoms with van der Waals surface area (Å²) in [6.45, 7) is 3.96. The van der Waals surface area contributed by atoms with Crippen LogP contribution in [0.5, 0.6) is 0 Å². The first kappa shape index (κ1) is 16.4. The van der Waals surface area contributed by atoms with Gasteiger partial charge in [-0.05, 0) is 61.9 Å². The molecule has 0 fully saturated rings. The summed E-state index contributed by atoms with van der Waals surface area (Å²) < 4.78 is 0. The highest BCUT2D eigenvalue weighted by Gasteiger charge is 2.11. The number of carbonyl (C=O) groups is 1. The van der Waals surface area contributed by atoms with Gasteiger partial charge in [0.05, 0.1) is 0 Å². The summed E-state index contributed by atoms with van der Waals surface area (Å²) in [6.07, 6.45) is 1.78. The average molecular weight is 359 g/mol. The molecule has 2 aromatic heterocycles. The van der Waals surface area contributed by atoms with Gasteiger partial charge in [0.15, 0.2) is 0 Å². The Labute approximate surface area is 155 Å². The fourth-order valence-corrected chi connectivity index (χ4v) is 3.71. The smallest absolute Gasteiger partial charge is 0.255 e. The van der Waals surface area contributed by atoms with Gasteiger partial charge in [0, 0.05) is 23.0 Å². The molecule has 0 unspecified atom stereocenters. The molecule has 2 aromatic carbocycles. The molecule has 4 rings (SSSR count). The molecule has 4 aromatic rings. The van der Waals surface area contributed by atoms with Crippen molar-refractivity contribution >= 4 is 33.3 Å². The van der Waals surface area contributed by atoms with Gasteiger partial charge in [-0.15, -0.1) is 0 Å². The molecule has 0 saturated heterocycles. The van der Waals surface area contributed by atoms with E-state index in [2.05, 4.69) is 15.3 Å². The highest BCUT2D eigenvalue weighted by Crippen LogP contribution is 2.31. The van der Waals surface area contributed by atoms with Crippen molar-refractivity contribution in [1.29, 1.82) is 0 Å². The average Bonchev–Trinajstić information content (AvgIpc) is 3.07. The second-order valence-electron chi connectivity index (χ2n) is 6.20. The normalized spacial score (nSPS) is 10.8. The molecule has 0 aliphatic carbocycles. The molecule has 0 spiro atoms. The van der Waals surface area contributed by atoms with E-state index in [-0.39, 0.29) is 5.91 Å². The number of fused-ring (bicyclic) bond motifs is 1. The maximum absolute atomic E-state index is 12.5. The fourth-order valence-electron chi connectivity index (χ4n) is 2.81. The minimum Gasteiger partial charge on any atom is -0.322 e. The second-order valence-corrected chi connectivity index (χ2v) is 7.18. The number of hydrogen-bond acceptors (Lipinski definition) is 4. The number of rotatable bonds is 3. The van der Waals surface area contributed by atoms with E-state index >= 15 is 0 Å². The van der Waals surface area contributed by atoms with Crippen molar-refractivity contribution in [3.63, 3.8) is 0 Å². The lowest BCUT2D eigenvalue weighted by molar-refractivity contribution is 0.102. The first-order valence-corrected chi connectivity index (χ1v) is 9.12. The van der Waals surface area contributed by atoms with E-state index in [1.807, 2.05) is 68.4 Å². The van der Waals surface area contributed by atoms with Crippen molar-refractivity contribution in [2.75, 3.05) is 5.32 Å². The van der Waals surface area contributed by atoms with Crippen LogP contribution in [0, 0.1) is 13.8 Å². The molecule has 128 valence electrons. The lowest BCUT2D eigenvalue weighted by atomic mass is 10.1. The SMILES string of the molecule is Cc1cccc(C(=O)Nc2ccc(-c3nc4cccnc4s3)cc2C)c1. The van der Waals surface area contributed by atoms with Gasteiger partial charge in [-0.1, -0.05) is 29.0 Å². The molecule has 1 N–H and O–H groups in total. The predicted molar refractivity (Wildman–Crippen MR) is 107 cm³/mol. The molecule has 0 atom stereocenters. The number of nitrogens with one attached hydrogen (secondary N) is 1. The number of nitrogens with zero attached hydrogens (tertiary/aromatic N) is 2. The van der Waals surface area contributed by atoms with Crippen LogP contribution in [0.15, 0.2) is 60.8 Å². The van der Waals surface area contributed by atoms with Crippen molar-refractivity contribution in [3.05, 3.63) is 77.5 Å². The molecule has 2 heterocycles. The Morgan fingerprint density at radius 1 is 1.04 bits per heavy atom. The van der Waals surface area contributed by atoms with Crippen LogP contribution in [-0.2, 0) is 0 Å². The molecular formula is C21H17N3OS. The molecule has 5 heteroatoms. The monoisotopic (exact) mass is 359 g/mol. The summed E-state index contributed by atoms with van der Waals surface area (Å²) in [4.78, 5) is 22.4. The molecular weight excluding hydrogens is 342 g/mol. The summed E-state index contributed by atoms with van der Waals surface area (Å²) in [5, 5.41) is 3.92. The molecule has 0 bridgehead atoms. The summed E-state index contributed by atoms with van der Waals surface area (Å²) in [5.74, 6) is -0.103. The van der Waals surface area contributed by atoms with Crippen LogP contribution in [0.2, 0.25) is 0 Å². The van der Waals surface area contributed by atoms with Crippen LogP contribution in [0.3, 0.4) is 0 Å². The van der Waals surface area contributed by atoms with Gasteiger partial charge < -0.3 is 5.32 Å². The Morgan fingerprint density at radius 2 is 1.92 bits per heavy atom. The summed E-state index contributed by atoms with van der Waals surface area (Å²) in [5.41, 5.74) is 5.45. The van der Waals surface area contributed by atoms with Crippen molar-refractivity contribution in [2.45, 2.75) is 13.8 Å². The minimum absolute atomic E-state index is 0.103. The van der Waals surface area contributed by atoms with Crippen molar-refractivity contribution in [3.8, 4) is 10.6 Å². The number of thiazole rings is 1. The lowest BCUT2D eigenvalue weighted by Gasteiger charge is -2.10. The topological polar surface area (TPSA) is 54.9 Å². The van der Waals surface area contributed by atoms with E-state index in [0.29, 0.717) is 5.56 Å². The number of aryl methyl sites for hydroxylation is 2. The fraction of sp³-hybridized carbons (Fsp3) is 0.0952. The first-order chi connectivity index (χ1) is 12.6. The van der Waals surface area contributed by atoms with Gasteiger partial charge in [-0.25, -0.2) is 9.97 Å². The third kappa shape index (κ3) is 3.21. The van der Waals surface area contributed by atoms with E-state index < -0.39 is 0 Å². The van der Waals surface area contributed by atoms with E-state index in [9.17, 15) is 4.79 Å². The van der Waals surface area contributed by atoms with Gasteiger partial charge in [0.25, 0.3) is 5.91 Å². The van der Waals surface area contributed by atoms with Gasteiger partial charge in [-0.2, -0.15) is 0 Å². The number of amides is 1. The van der Waals surface area contributed by atoms with E-state index in [1.165, 1.54) is 0 Å². The molecule has 0 aliphatic heterocycles. The zero-order valence-corrected chi connectivity index (χ0v) is 15.3. The second kappa shape index (κ2) is 6.69. The summed E-state index contributed by atoms with van der Waals surface area (Å²) in [7, 11) is 0. The van der Waals surface area contributed by atoms with Crippen LogP contribution in [0.4, 0.5) is 5.69 Å². The standard InChI is InChI=1S/C21H17N3OS/c1-13-5-3-6-15(11-13)19(25)23-17-9-8-16(12-14(17)2)20-24-18-7-4-10-22-21(18)26-20/h3-12H,1-2H3,(H,23,25). The van der Waals surface area contributed by atoms with Crippen LogP contribution >= 0.6 is 11.3 Å². The number of carbonyl (C=O) groups excluding carboxylic acids is 1. The van der Waals surface area contributed by atoms with Crippen LogP contribution in [-0.4, -0.2) is 15.9 Å². The first-order valence-electron chi connectivity index (χ1n) is 8.31. The van der Waals surface area contributed by atoms with Crippen LogP contribution in [0.1, 0.15) is 21.5 Å². The van der Waals surface area contributed by atoms with Gasteiger partial charge in [-0.3, -0.25) is 4.79 Å². The van der Waals surface area contributed by atoms with E-state index in [0.717, 1.165) is 37.7 Å². The van der Waals surface area contributed by atoms with Gasteiger partial charge in [0.2, 0.25) is 0 Å². The number of aromatic nitrogens is 2. The Balaban J connectivity index is 1.60. The van der Waals surface area contributed by atoms with E-state index in [4.69, 9.17) is 0 Å². The Hall–Kier alpha value is -3.05. The molecule has 26 heavy (non-hydrogen) atoms. The number of benzene rings is 2. The maximum atomic E-state index is 12.5. The Morgan fingerprint density at radius 3 is 2.69 bits per heavy atom. The molecule has 0 saturated carbocycles. The quantitative estimate of drug-likeness (QED) is 0.545. The highest BCUT2D eigenvalue weighted by molar-refractivity contribution is 7.21. The maximum Gasteiger partial charge on any atom is 0.255 e. The van der Waals surface area contributed by atoms with Crippen molar-refractivity contribution in [2.24, 2.45) is 0 Å². The molecule has 0 aliphatic rings. The number of anilines is 1. The van der Waals surface area contributed by atoms with Crippen LogP contribution in [0.25, 0.3) is 20.9 Å². The third-order valence-electron chi connectivity index (χ3n) is 4.17. The molecule has 1 amide bonds. The summed E-state index contributed by atoms with van der Waals surface area (Å²) >= 11 is 1.57.